The Labute approximate surface area is 266 Å². The summed E-state index contributed by atoms with van der Waals surface area (Å²) in [4.78, 5) is 0.648. The number of hydrogen-bond donors (Lipinski definition) is 1. The molecule has 4 nitrogen and oxygen atoms in total. The van der Waals surface area contributed by atoms with Gasteiger partial charge in [0.25, 0.3) is 0 Å². The maximum absolute atomic E-state index is 14.5. The number of thioether (sulfide) groups is 1. The first-order valence-electron chi connectivity index (χ1n) is 12.3. The van der Waals surface area contributed by atoms with E-state index >= 15 is 0 Å². The number of benzene rings is 2. The number of aromatic nitrogens is 3. The van der Waals surface area contributed by atoms with Gasteiger partial charge in [-0.2, -0.15) is 92.2 Å². The maximum Gasteiger partial charge on any atom is 0.460 e. The van der Waals surface area contributed by atoms with E-state index < -0.39 is 93.3 Å². The Morgan fingerprint density at radius 2 is 0.920 bits per heavy atom. The highest BCUT2D eigenvalue weighted by atomic mass is 32.2. The molecule has 3 rings (SSSR count). The molecule has 1 aromatic heterocycles. The smallest absolute Gasteiger partial charge is 0.460 e. The van der Waals surface area contributed by atoms with Crippen molar-refractivity contribution < 1.29 is 97.3 Å². The van der Waals surface area contributed by atoms with Gasteiger partial charge in [-0.1, -0.05) is 30.0 Å². The molecule has 26 heteroatoms. The number of phenolic OH excluding ortho intramolecular Hbond substituents is 1. The van der Waals surface area contributed by atoms with Gasteiger partial charge >= 0.3 is 58.8 Å². The molecule has 50 heavy (non-hydrogen) atoms. The van der Waals surface area contributed by atoms with Gasteiger partial charge in [0.1, 0.15) is 22.5 Å². The van der Waals surface area contributed by atoms with Crippen LogP contribution in [0, 0.1) is 6.92 Å². The Balaban J connectivity index is 2.01. The van der Waals surface area contributed by atoms with Gasteiger partial charge in [0.05, 0.1) is 0 Å². The number of hydrogen-bond acceptors (Lipinski definition) is 4. The van der Waals surface area contributed by atoms with Crippen LogP contribution in [-0.2, 0) is 5.75 Å². The standard InChI is InChI=1S/C24H12F21N3OS/c1-9-6-10(14(49)13(7-9)48-46-11-4-2-3-5-12(11)47-48)8-50-24(44,45)22(39,40)20(35,36)18(31,32)16(27,28)15(25,26)17(29,30)19(33,34)21(37,38)23(41,42)43/h2-7,49H,8H2,1H3. The Bertz CT molecular complexity index is 1700. The minimum atomic E-state index is -9.24. The highest BCUT2D eigenvalue weighted by Gasteiger charge is 2.97. The van der Waals surface area contributed by atoms with Gasteiger partial charge in [-0.25, -0.2) is 0 Å². The summed E-state index contributed by atoms with van der Waals surface area (Å²) in [6.45, 7) is 1.15. The Hall–Kier alpha value is -3.48. The van der Waals surface area contributed by atoms with Gasteiger partial charge in [-0.15, -0.1) is 15.0 Å². The van der Waals surface area contributed by atoms with E-state index in [2.05, 4.69) is 10.2 Å². The lowest BCUT2D eigenvalue weighted by Gasteiger charge is -2.44. The zero-order valence-electron chi connectivity index (χ0n) is 23.3. The molecule has 0 saturated carbocycles. The van der Waals surface area contributed by atoms with Crippen molar-refractivity contribution in [2.75, 3.05) is 0 Å². The molecule has 0 bridgehead atoms. The quantitative estimate of drug-likeness (QED) is 0.186. The van der Waals surface area contributed by atoms with Crippen LogP contribution in [0.4, 0.5) is 92.2 Å². The third kappa shape index (κ3) is 5.62. The normalized spacial score (nSPS) is 15.2. The predicted octanol–water partition coefficient (Wildman–Crippen LogP) is 9.91. The molecule has 0 aliphatic heterocycles. The second-order valence-electron chi connectivity index (χ2n) is 10.2. The van der Waals surface area contributed by atoms with Crippen LogP contribution in [0.1, 0.15) is 11.1 Å². The number of fused-ring (bicyclic) bond motifs is 1. The molecule has 0 spiro atoms. The lowest BCUT2D eigenvalue weighted by atomic mass is 9.87. The molecular formula is C24H12F21N3OS. The fraction of sp³-hybridized carbons (Fsp3) is 0.500. The number of nitrogens with zero attached hydrogens (tertiary/aromatic N) is 3. The van der Waals surface area contributed by atoms with Crippen LogP contribution in [0.5, 0.6) is 5.75 Å². The first-order chi connectivity index (χ1) is 22.1. The summed E-state index contributed by atoms with van der Waals surface area (Å²) in [5.74, 6) is -73.9. The first-order valence-corrected chi connectivity index (χ1v) is 13.3. The third-order valence-electron chi connectivity index (χ3n) is 6.71. The maximum atomic E-state index is 14.5. The van der Waals surface area contributed by atoms with Crippen molar-refractivity contribution in [1.82, 2.24) is 15.0 Å². The number of rotatable bonds is 12. The second kappa shape index (κ2) is 11.8. The van der Waals surface area contributed by atoms with Crippen molar-refractivity contribution in [2.24, 2.45) is 0 Å². The van der Waals surface area contributed by atoms with Crippen LogP contribution in [0.2, 0.25) is 0 Å². The second-order valence-corrected chi connectivity index (χ2v) is 11.3. The van der Waals surface area contributed by atoms with Gasteiger partial charge in [0.2, 0.25) is 0 Å². The molecule has 0 unspecified atom stereocenters. The summed E-state index contributed by atoms with van der Waals surface area (Å²) in [5.41, 5.74) is -1.22. The first kappa shape index (κ1) is 40.9. The Morgan fingerprint density at radius 1 is 0.560 bits per heavy atom. The van der Waals surface area contributed by atoms with E-state index in [9.17, 15) is 97.3 Å². The summed E-state index contributed by atoms with van der Waals surface area (Å²) in [7, 11) is 0. The summed E-state index contributed by atoms with van der Waals surface area (Å²) in [6, 6.07) is 7.41. The molecule has 0 atom stereocenters. The predicted molar refractivity (Wildman–Crippen MR) is 127 cm³/mol. The van der Waals surface area contributed by atoms with Gasteiger partial charge in [0, 0.05) is 11.3 Å². The largest absolute Gasteiger partial charge is 0.505 e. The van der Waals surface area contributed by atoms with Crippen molar-refractivity contribution in [3.05, 3.63) is 47.5 Å². The summed E-state index contributed by atoms with van der Waals surface area (Å²) >= 11 is -1.88. The number of alkyl halides is 21. The summed E-state index contributed by atoms with van der Waals surface area (Å²) in [6.07, 6.45) is -8.04. The van der Waals surface area contributed by atoms with Crippen molar-refractivity contribution in [3.63, 3.8) is 0 Å². The molecule has 0 aliphatic rings. The molecule has 0 radical (unpaired) electrons. The van der Waals surface area contributed by atoms with Crippen LogP contribution >= 0.6 is 11.8 Å². The lowest BCUT2D eigenvalue weighted by molar-refractivity contribution is -0.472. The Morgan fingerprint density at radius 3 is 1.30 bits per heavy atom. The molecule has 0 aliphatic carbocycles. The summed E-state index contributed by atoms with van der Waals surface area (Å²) in [5, 5.41) is 11.4. The molecule has 282 valence electrons. The zero-order chi connectivity index (χ0) is 39.1. The van der Waals surface area contributed by atoms with Crippen LogP contribution in [0.3, 0.4) is 0 Å². The van der Waals surface area contributed by atoms with E-state index in [4.69, 9.17) is 0 Å². The monoisotopic (exact) mass is 789 g/mol. The van der Waals surface area contributed by atoms with Crippen molar-refractivity contribution in [2.45, 2.75) is 71.5 Å². The van der Waals surface area contributed by atoms with Crippen molar-refractivity contribution in [1.29, 1.82) is 0 Å². The molecule has 0 fully saturated rings. The van der Waals surface area contributed by atoms with E-state index in [1.807, 2.05) is 0 Å². The number of halogens is 21. The fourth-order valence-electron chi connectivity index (χ4n) is 3.87. The van der Waals surface area contributed by atoms with E-state index in [0.717, 1.165) is 13.0 Å². The molecular weight excluding hydrogens is 777 g/mol. The van der Waals surface area contributed by atoms with Crippen molar-refractivity contribution in [3.8, 4) is 11.4 Å². The van der Waals surface area contributed by atoms with E-state index in [1.165, 1.54) is 24.3 Å². The van der Waals surface area contributed by atoms with E-state index in [1.54, 1.807) is 0 Å². The highest BCUT2D eigenvalue weighted by Crippen LogP contribution is 2.67. The van der Waals surface area contributed by atoms with Crippen LogP contribution in [0.15, 0.2) is 36.4 Å². The van der Waals surface area contributed by atoms with E-state index in [0.29, 0.717) is 10.9 Å². The van der Waals surface area contributed by atoms with Crippen LogP contribution < -0.4 is 0 Å². The molecule has 3 aromatic rings. The summed E-state index contributed by atoms with van der Waals surface area (Å²) < 4.78 is 286. The van der Waals surface area contributed by atoms with E-state index in [-0.39, 0.29) is 16.6 Å². The van der Waals surface area contributed by atoms with Crippen LogP contribution in [-0.4, -0.2) is 78.9 Å². The van der Waals surface area contributed by atoms with Gasteiger partial charge in [-0.3, -0.25) is 0 Å². The molecule has 1 N–H and O–H groups in total. The fourth-order valence-corrected chi connectivity index (χ4v) is 4.73. The minimum absolute atomic E-state index is 0.0580. The molecule has 0 saturated heterocycles. The number of aryl methyl sites for hydroxylation is 1. The molecule has 1 heterocycles. The third-order valence-corrected chi connectivity index (χ3v) is 7.78. The van der Waals surface area contributed by atoms with Crippen molar-refractivity contribution >= 4 is 22.8 Å². The van der Waals surface area contributed by atoms with Gasteiger partial charge < -0.3 is 5.11 Å². The highest BCUT2D eigenvalue weighted by molar-refractivity contribution is 7.99. The topological polar surface area (TPSA) is 50.9 Å². The van der Waals surface area contributed by atoms with Gasteiger partial charge in [0.15, 0.2) is 0 Å². The number of phenols is 1. The zero-order valence-corrected chi connectivity index (χ0v) is 24.1. The molecule has 0 amide bonds. The van der Waals surface area contributed by atoms with Crippen LogP contribution in [0.25, 0.3) is 16.7 Å². The Kier molecular flexibility index (Phi) is 9.65. The van der Waals surface area contributed by atoms with Gasteiger partial charge in [-0.05, 0) is 30.7 Å². The number of aromatic hydroxyl groups is 1. The molecule has 2 aromatic carbocycles. The average Bonchev–Trinajstić information content (AvgIpc) is 3.40. The SMILES string of the molecule is Cc1cc(CSC(F)(F)C(F)(F)C(F)(F)C(F)(F)C(F)(F)C(F)(F)C(F)(F)C(F)(F)C(F)(F)C(F)(F)F)c(O)c(-n2nc3ccccc3n2)c1. The lowest BCUT2D eigenvalue weighted by Crippen LogP contribution is -2.76. The minimum Gasteiger partial charge on any atom is -0.505 e. The average molecular weight is 789 g/mol.